The van der Waals surface area contributed by atoms with Gasteiger partial charge in [0, 0.05) is 27.9 Å². The SMILES string of the molecule is Cc1ccc(CNC(=O)c2ccccc2Sc2ccc3c(/C=C/c4ccccn4)n[nH]c3c2)cc1C. The molecule has 1 amide bonds. The van der Waals surface area contributed by atoms with Gasteiger partial charge in [0.25, 0.3) is 5.91 Å². The topological polar surface area (TPSA) is 70.7 Å². The van der Waals surface area contributed by atoms with Crippen molar-refractivity contribution in [1.82, 2.24) is 20.5 Å². The third-order valence-corrected chi connectivity index (χ3v) is 7.11. The first kappa shape index (κ1) is 23.6. The van der Waals surface area contributed by atoms with Gasteiger partial charge < -0.3 is 5.32 Å². The average Bonchev–Trinajstić information content (AvgIpc) is 3.31. The van der Waals surface area contributed by atoms with Gasteiger partial charge in [-0.3, -0.25) is 14.9 Å². The van der Waals surface area contributed by atoms with E-state index in [9.17, 15) is 4.79 Å². The summed E-state index contributed by atoms with van der Waals surface area (Å²) in [5.41, 5.74) is 6.91. The minimum absolute atomic E-state index is 0.0825. The summed E-state index contributed by atoms with van der Waals surface area (Å²) >= 11 is 1.57. The van der Waals surface area contributed by atoms with Crippen LogP contribution < -0.4 is 5.32 Å². The Labute approximate surface area is 214 Å². The molecule has 36 heavy (non-hydrogen) atoms. The number of H-pyrrole nitrogens is 1. The van der Waals surface area contributed by atoms with Crippen LogP contribution in [0, 0.1) is 13.8 Å². The van der Waals surface area contributed by atoms with Crippen LogP contribution in [0.15, 0.2) is 94.9 Å². The fourth-order valence-corrected chi connectivity index (χ4v) is 4.89. The molecule has 3 aromatic carbocycles. The van der Waals surface area contributed by atoms with Crippen LogP contribution >= 0.6 is 11.8 Å². The van der Waals surface area contributed by atoms with Gasteiger partial charge in [-0.25, -0.2) is 0 Å². The van der Waals surface area contributed by atoms with Crippen LogP contribution in [-0.2, 0) is 6.54 Å². The highest BCUT2D eigenvalue weighted by Crippen LogP contribution is 2.33. The lowest BCUT2D eigenvalue weighted by Gasteiger charge is -2.11. The molecule has 5 aromatic rings. The number of carbonyl (C=O) groups excluding carboxylic acids is 1. The molecule has 0 atom stereocenters. The second kappa shape index (κ2) is 10.6. The van der Waals surface area contributed by atoms with Gasteiger partial charge >= 0.3 is 0 Å². The predicted octanol–water partition coefficient (Wildman–Crippen LogP) is 6.83. The Morgan fingerprint density at radius 3 is 2.64 bits per heavy atom. The number of benzene rings is 3. The minimum Gasteiger partial charge on any atom is -0.348 e. The minimum atomic E-state index is -0.0825. The van der Waals surface area contributed by atoms with E-state index in [0.29, 0.717) is 12.1 Å². The molecular weight excluding hydrogens is 464 g/mol. The number of nitrogens with one attached hydrogen (secondary N) is 2. The van der Waals surface area contributed by atoms with Gasteiger partial charge in [0.1, 0.15) is 0 Å². The van der Waals surface area contributed by atoms with E-state index in [1.165, 1.54) is 11.1 Å². The number of carbonyl (C=O) groups is 1. The van der Waals surface area contributed by atoms with Crippen molar-refractivity contribution in [3.63, 3.8) is 0 Å². The molecule has 2 heterocycles. The highest BCUT2D eigenvalue weighted by atomic mass is 32.2. The molecule has 0 aliphatic rings. The van der Waals surface area contributed by atoms with Gasteiger partial charge in [0.2, 0.25) is 0 Å². The van der Waals surface area contributed by atoms with Gasteiger partial charge in [-0.2, -0.15) is 5.10 Å². The van der Waals surface area contributed by atoms with Crippen LogP contribution in [-0.4, -0.2) is 21.1 Å². The molecule has 0 fully saturated rings. The Kier molecular flexibility index (Phi) is 6.96. The summed E-state index contributed by atoms with van der Waals surface area (Å²) in [5.74, 6) is -0.0825. The molecular formula is C30H26N4OS. The molecule has 0 saturated heterocycles. The normalized spacial score (nSPS) is 11.3. The van der Waals surface area contributed by atoms with Crippen molar-refractivity contribution < 1.29 is 4.79 Å². The van der Waals surface area contributed by atoms with Gasteiger partial charge in [-0.05, 0) is 85.2 Å². The van der Waals surface area contributed by atoms with E-state index in [-0.39, 0.29) is 5.91 Å². The number of nitrogens with zero attached hydrogens (tertiary/aromatic N) is 2. The average molecular weight is 491 g/mol. The van der Waals surface area contributed by atoms with Gasteiger partial charge in [-0.15, -0.1) is 0 Å². The lowest BCUT2D eigenvalue weighted by molar-refractivity contribution is 0.0948. The molecule has 0 aliphatic carbocycles. The monoisotopic (exact) mass is 490 g/mol. The summed E-state index contributed by atoms with van der Waals surface area (Å²) in [4.78, 5) is 19.3. The smallest absolute Gasteiger partial charge is 0.252 e. The summed E-state index contributed by atoms with van der Waals surface area (Å²) in [6.45, 7) is 4.67. The molecule has 0 spiro atoms. The quantitative estimate of drug-likeness (QED) is 0.262. The Hall–Kier alpha value is -4.16. The number of hydrogen-bond donors (Lipinski definition) is 2. The molecule has 0 aliphatic heterocycles. The molecule has 0 saturated carbocycles. The van der Waals surface area contributed by atoms with Crippen molar-refractivity contribution in [2.24, 2.45) is 0 Å². The van der Waals surface area contributed by atoms with Crippen molar-refractivity contribution in [3.05, 3.63) is 119 Å². The molecule has 2 N–H and O–H groups in total. The molecule has 0 bridgehead atoms. The first-order valence-electron chi connectivity index (χ1n) is 11.8. The van der Waals surface area contributed by atoms with E-state index in [2.05, 4.69) is 70.7 Å². The van der Waals surface area contributed by atoms with Crippen molar-refractivity contribution in [1.29, 1.82) is 0 Å². The molecule has 178 valence electrons. The van der Waals surface area contributed by atoms with E-state index in [0.717, 1.165) is 37.6 Å². The third kappa shape index (κ3) is 5.39. The van der Waals surface area contributed by atoms with Crippen molar-refractivity contribution in [2.75, 3.05) is 0 Å². The largest absolute Gasteiger partial charge is 0.348 e. The standard InChI is InChI=1S/C30H26N4OS/c1-20-10-11-22(17-21(20)2)19-32-30(35)26-8-3-4-9-29(26)36-24-13-14-25-27(33-34-28(25)18-24)15-12-23-7-5-6-16-31-23/h3-18H,19H2,1-2H3,(H,32,35)(H,33,34)/b15-12+. The summed E-state index contributed by atoms with van der Waals surface area (Å²) in [7, 11) is 0. The van der Waals surface area contributed by atoms with Crippen LogP contribution in [0.1, 0.15) is 38.4 Å². The highest BCUT2D eigenvalue weighted by molar-refractivity contribution is 7.99. The number of aromatic nitrogens is 3. The zero-order valence-electron chi connectivity index (χ0n) is 20.2. The van der Waals surface area contributed by atoms with Crippen LogP contribution in [0.25, 0.3) is 23.1 Å². The fourth-order valence-electron chi connectivity index (χ4n) is 3.91. The van der Waals surface area contributed by atoms with E-state index in [1.807, 2.05) is 54.6 Å². The first-order chi connectivity index (χ1) is 17.6. The number of hydrogen-bond acceptors (Lipinski definition) is 4. The second-order valence-electron chi connectivity index (χ2n) is 8.60. The van der Waals surface area contributed by atoms with E-state index < -0.39 is 0 Å². The predicted molar refractivity (Wildman–Crippen MR) is 147 cm³/mol. The third-order valence-electron chi connectivity index (χ3n) is 6.05. The zero-order chi connectivity index (χ0) is 24.9. The Balaban J connectivity index is 1.31. The van der Waals surface area contributed by atoms with Crippen LogP contribution in [0.3, 0.4) is 0 Å². The van der Waals surface area contributed by atoms with Crippen molar-refractivity contribution in [3.8, 4) is 0 Å². The molecule has 2 aromatic heterocycles. The van der Waals surface area contributed by atoms with Crippen LogP contribution in [0.5, 0.6) is 0 Å². The van der Waals surface area contributed by atoms with E-state index >= 15 is 0 Å². The van der Waals surface area contributed by atoms with Crippen molar-refractivity contribution >= 4 is 40.7 Å². The fraction of sp³-hybridized carbons (Fsp3) is 0.100. The number of aromatic amines is 1. The number of amides is 1. The maximum atomic E-state index is 13.0. The number of aryl methyl sites for hydroxylation is 2. The Morgan fingerprint density at radius 2 is 1.81 bits per heavy atom. The van der Waals surface area contributed by atoms with Gasteiger partial charge in [0.15, 0.2) is 0 Å². The molecule has 0 unspecified atom stereocenters. The number of rotatable bonds is 7. The lowest BCUT2D eigenvalue weighted by atomic mass is 10.1. The van der Waals surface area contributed by atoms with Gasteiger partial charge in [0.05, 0.1) is 22.5 Å². The highest BCUT2D eigenvalue weighted by Gasteiger charge is 2.13. The summed E-state index contributed by atoms with van der Waals surface area (Å²) in [6.07, 6.45) is 5.68. The van der Waals surface area contributed by atoms with Crippen LogP contribution in [0.2, 0.25) is 0 Å². The molecule has 0 radical (unpaired) electrons. The first-order valence-corrected chi connectivity index (χ1v) is 12.6. The summed E-state index contributed by atoms with van der Waals surface area (Å²) in [6, 6.07) is 26.0. The molecule has 6 heteroatoms. The summed E-state index contributed by atoms with van der Waals surface area (Å²) in [5, 5.41) is 11.7. The molecule has 5 nitrogen and oxygen atoms in total. The maximum Gasteiger partial charge on any atom is 0.252 e. The molecule has 5 rings (SSSR count). The van der Waals surface area contributed by atoms with Gasteiger partial charge in [-0.1, -0.05) is 48.2 Å². The van der Waals surface area contributed by atoms with Crippen LogP contribution in [0.4, 0.5) is 0 Å². The summed E-state index contributed by atoms with van der Waals surface area (Å²) < 4.78 is 0. The maximum absolute atomic E-state index is 13.0. The Bertz CT molecular complexity index is 1560. The van der Waals surface area contributed by atoms with Crippen molar-refractivity contribution in [2.45, 2.75) is 30.2 Å². The number of fused-ring (bicyclic) bond motifs is 1. The lowest BCUT2D eigenvalue weighted by Crippen LogP contribution is -2.23. The van der Waals surface area contributed by atoms with E-state index in [4.69, 9.17) is 0 Å². The number of pyridine rings is 1. The van der Waals surface area contributed by atoms with E-state index in [1.54, 1.807) is 18.0 Å². The zero-order valence-corrected chi connectivity index (χ0v) is 21.0. The second-order valence-corrected chi connectivity index (χ2v) is 9.72. The Morgan fingerprint density at radius 1 is 0.944 bits per heavy atom.